The van der Waals surface area contributed by atoms with Crippen molar-refractivity contribution >= 4 is 29.0 Å². The van der Waals surface area contributed by atoms with E-state index in [0.29, 0.717) is 28.0 Å². The molecule has 1 saturated carbocycles. The number of nitrogens with zero attached hydrogens (tertiary/aromatic N) is 1. The standard InChI is InChI=1S/C10H12Cl2N2/c1-6-2-4-8(6)13-10-7(11)3-5-9(12)14-10/h3,5-6,8H,2,4H2,1H3,(H,13,14). The van der Waals surface area contributed by atoms with Crippen molar-refractivity contribution in [2.75, 3.05) is 5.32 Å². The first-order valence-electron chi connectivity index (χ1n) is 4.75. The third kappa shape index (κ3) is 1.96. The Morgan fingerprint density at radius 3 is 2.71 bits per heavy atom. The van der Waals surface area contributed by atoms with Crippen molar-refractivity contribution < 1.29 is 0 Å². The molecule has 0 saturated heterocycles. The Bertz CT molecular complexity index is 341. The molecule has 1 aromatic heterocycles. The minimum absolute atomic E-state index is 0.476. The monoisotopic (exact) mass is 230 g/mol. The molecule has 1 heterocycles. The van der Waals surface area contributed by atoms with Crippen LogP contribution in [0.1, 0.15) is 19.8 Å². The molecule has 0 amide bonds. The SMILES string of the molecule is CC1CCC1Nc1nc(Cl)ccc1Cl. The largest absolute Gasteiger partial charge is 0.366 e. The molecule has 1 aromatic rings. The summed E-state index contributed by atoms with van der Waals surface area (Å²) in [6.45, 7) is 2.22. The van der Waals surface area contributed by atoms with Gasteiger partial charge in [0.1, 0.15) is 11.0 Å². The van der Waals surface area contributed by atoms with Gasteiger partial charge >= 0.3 is 0 Å². The Morgan fingerprint density at radius 2 is 2.14 bits per heavy atom. The Hall–Kier alpha value is -0.470. The summed E-state index contributed by atoms with van der Waals surface area (Å²) in [7, 11) is 0. The summed E-state index contributed by atoms with van der Waals surface area (Å²) in [4.78, 5) is 4.15. The third-order valence-corrected chi connectivity index (χ3v) is 3.27. The minimum Gasteiger partial charge on any atom is -0.366 e. The average molecular weight is 231 g/mol. The first kappa shape index (κ1) is 10.1. The van der Waals surface area contributed by atoms with Crippen molar-refractivity contribution in [2.45, 2.75) is 25.8 Å². The molecule has 0 aromatic carbocycles. The first-order valence-corrected chi connectivity index (χ1v) is 5.51. The molecule has 2 rings (SSSR count). The van der Waals surface area contributed by atoms with E-state index in [1.54, 1.807) is 12.1 Å². The van der Waals surface area contributed by atoms with Crippen molar-refractivity contribution in [3.63, 3.8) is 0 Å². The predicted octanol–water partition coefficient (Wildman–Crippen LogP) is 3.60. The lowest BCUT2D eigenvalue weighted by atomic mass is 9.81. The molecule has 0 spiro atoms. The van der Waals surface area contributed by atoms with Crippen LogP contribution in [0, 0.1) is 5.92 Å². The molecule has 2 atom stereocenters. The van der Waals surface area contributed by atoms with Crippen molar-refractivity contribution in [1.29, 1.82) is 0 Å². The van der Waals surface area contributed by atoms with Crippen LogP contribution in [0.25, 0.3) is 0 Å². The van der Waals surface area contributed by atoms with E-state index in [1.165, 1.54) is 12.8 Å². The Kier molecular flexibility index (Phi) is 2.84. The fourth-order valence-electron chi connectivity index (χ4n) is 1.58. The van der Waals surface area contributed by atoms with Gasteiger partial charge in [-0.2, -0.15) is 0 Å². The zero-order valence-corrected chi connectivity index (χ0v) is 9.44. The van der Waals surface area contributed by atoms with E-state index in [9.17, 15) is 0 Å². The molecule has 1 fully saturated rings. The maximum Gasteiger partial charge on any atom is 0.146 e. The number of anilines is 1. The van der Waals surface area contributed by atoms with E-state index < -0.39 is 0 Å². The van der Waals surface area contributed by atoms with Gasteiger partial charge in [-0.25, -0.2) is 4.98 Å². The molecule has 1 aliphatic rings. The molecule has 0 aliphatic heterocycles. The smallest absolute Gasteiger partial charge is 0.146 e. The van der Waals surface area contributed by atoms with E-state index in [4.69, 9.17) is 23.2 Å². The van der Waals surface area contributed by atoms with Crippen LogP contribution >= 0.6 is 23.2 Å². The number of hydrogen-bond donors (Lipinski definition) is 1. The van der Waals surface area contributed by atoms with Crippen molar-refractivity contribution in [1.82, 2.24) is 4.98 Å². The van der Waals surface area contributed by atoms with E-state index in [0.717, 1.165) is 0 Å². The van der Waals surface area contributed by atoms with Crippen LogP contribution in [-0.4, -0.2) is 11.0 Å². The zero-order chi connectivity index (χ0) is 10.1. The average Bonchev–Trinajstić information content (AvgIpc) is 2.17. The molecule has 1 N–H and O–H groups in total. The first-order chi connectivity index (χ1) is 6.66. The van der Waals surface area contributed by atoms with E-state index >= 15 is 0 Å². The zero-order valence-electron chi connectivity index (χ0n) is 7.93. The molecular weight excluding hydrogens is 219 g/mol. The maximum atomic E-state index is 5.99. The van der Waals surface area contributed by atoms with Gasteiger partial charge in [-0.15, -0.1) is 0 Å². The summed E-state index contributed by atoms with van der Waals surface area (Å²) in [5, 5.41) is 4.42. The van der Waals surface area contributed by atoms with Gasteiger partial charge in [-0.3, -0.25) is 0 Å². The second kappa shape index (κ2) is 3.95. The molecule has 4 heteroatoms. The molecule has 14 heavy (non-hydrogen) atoms. The van der Waals surface area contributed by atoms with Crippen LogP contribution < -0.4 is 5.32 Å². The maximum absolute atomic E-state index is 5.99. The van der Waals surface area contributed by atoms with Crippen LogP contribution in [0.2, 0.25) is 10.2 Å². The van der Waals surface area contributed by atoms with E-state index in [-0.39, 0.29) is 0 Å². The molecule has 2 nitrogen and oxygen atoms in total. The Morgan fingerprint density at radius 1 is 1.36 bits per heavy atom. The van der Waals surface area contributed by atoms with E-state index in [1.807, 2.05) is 0 Å². The number of pyridine rings is 1. The van der Waals surface area contributed by atoms with Crippen molar-refractivity contribution in [3.05, 3.63) is 22.3 Å². The molecule has 0 radical (unpaired) electrons. The quantitative estimate of drug-likeness (QED) is 0.786. The Balaban J connectivity index is 2.11. The number of nitrogens with one attached hydrogen (secondary N) is 1. The second-order valence-electron chi connectivity index (χ2n) is 3.77. The van der Waals surface area contributed by atoms with Gasteiger partial charge in [0.25, 0.3) is 0 Å². The summed E-state index contributed by atoms with van der Waals surface area (Å²) in [5.41, 5.74) is 0. The highest BCUT2D eigenvalue weighted by atomic mass is 35.5. The molecule has 0 bridgehead atoms. The van der Waals surface area contributed by atoms with Crippen LogP contribution in [-0.2, 0) is 0 Å². The molecule has 1 aliphatic carbocycles. The highest BCUT2D eigenvalue weighted by Crippen LogP contribution is 2.31. The Labute approximate surface area is 93.6 Å². The van der Waals surface area contributed by atoms with E-state index in [2.05, 4.69) is 17.2 Å². The lowest BCUT2D eigenvalue weighted by Crippen LogP contribution is -2.36. The summed E-state index contributed by atoms with van der Waals surface area (Å²) >= 11 is 11.8. The number of rotatable bonds is 2. The van der Waals surface area contributed by atoms with Gasteiger partial charge in [0.2, 0.25) is 0 Å². The summed E-state index contributed by atoms with van der Waals surface area (Å²) in [6, 6.07) is 3.96. The van der Waals surface area contributed by atoms with Crippen LogP contribution in [0.5, 0.6) is 0 Å². The number of aromatic nitrogens is 1. The lowest BCUT2D eigenvalue weighted by molar-refractivity contribution is 0.303. The lowest BCUT2D eigenvalue weighted by Gasteiger charge is -2.35. The normalized spacial score (nSPS) is 25.6. The van der Waals surface area contributed by atoms with Gasteiger partial charge in [0, 0.05) is 6.04 Å². The number of hydrogen-bond acceptors (Lipinski definition) is 2. The summed E-state index contributed by atoms with van der Waals surface area (Å²) in [6.07, 6.45) is 2.46. The predicted molar refractivity (Wildman–Crippen MR) is 60.1 cm³/mol. The van der Waals surface area contributed by atoms with Crippen LogP contribution in [0.4, 0.5) is 5.82 Å². The number of halogens is 2. The second-order valence-corrected chi connectivity index (χ2v) is 4.56. The van der Waals surface area contributed by atoms with Gasteiger partial charge in [-0.1, -0.05) is 30.1 Å². The van der Waals surface area contributed by atoms with Gasteiger partial charge in [0.05, 0.1) is 5.02 Å². The van der Waals surface area contributed by atoms with Crippen molar-refractivity contribution in [2.24, 2.45) is 5.92 Å². The fraction of sp³-hybridized carbons (Fsp3) is 0.500. The van der Waals surface area contributed by atoms with Crippen LogP contribution in [0.3, 0.4) is 0 Å². The summed E-state index contributed by atoms with van der Waals surface area (Å²) in [5.74, 6) is 1.41. The molecular formula is C10H12Cl2N2. The van der Waals surface area contributed by atoms with Crippen molar-refractivity contribution in [3.8, 4) is 0 Å². The molecule has 2 unspecified atom stereocenters. The fourth-order valence-corrected chi connectivity index (χ4v) is 1.88. The highest BCUT2D eigenvalue weighted by molar-refractivity contribution is 6.34. The summed E-state index contributed by atoms with van der Waals surface area (Å²) < 4.78 is 0. The minimum atomic E-state index is 0.476. The van der Waals surface area contributed by atoms with Gasteiger partial charge in [-0.05, 0) is 30.9 Å². The van der Waals surface area contributed by atoms with Gasteiger partial charge in [0.15, 0.2) is 0 Å². The van der Waals surface area contributed by atoms with Gasteiger partial charge < -0.3 is 5.32 Å². The topological polar surface area (TPSA) is 24.9 Å². The van der Waals surface area contributed by atoms with Crippen LogP contribution in [0.15, 0.2) is 12.1 Å². The molecule has 76 valence electrons. The third-order valence-electron chi connectivity index (χ3n) is 2.75. The highest BCUT2D eigenvalue weighted by Gasteiger charge is 2.27.